The van der Waals surface area contributed by atoms with Crippen molar-refractivity contribution in [3.63, 3.8) is 0 Å². The van der Waals surface area contributed by atoms with Gasteiger partial charge in [0.25, 0.3) is 0 Å². The molecule has 0 aromatic carbocycles. The van der Waals surface area contributed by atoms with Crippen LogP contribution in [0.1, 0.15) is 19.3 Å². The Hall–Kier alpha value is -0.120. The summed E-state index contributed by atoms with van der Waals surface area (Å²) < 4.78 is 5.39. The van der Waals surface area contributed by atoms with Gasteiger partial charge in [-0.25, -0.2) is 0 Å². The van der Waals surface area contributed by atoms with Crippen molar-refractivity contribution < 1.29 is 14.9 Å². The lowest BCUT2D eigenvalue weighted by Gasteiger charge is -2.19. The van der Waals surface area contributed by atoms with Crippen molar-refractivity contribution in [2.45, 2.75) is 25.4 Å². The van der Waals surface area contributed by atoms with Crippen molar-refractivity contribution in [3.05, 3.63) is 0 Å². The second kappa shape index (κ2) is 4.70. The summed E-state index contributed by atoms with van der Waals surface area (Å²) in [5, 5.41) is 17.6. The Morgan fingerprint density at radius 2 is 2.27 bits per heavy atom. The molecule has 3 heteroatoms. The summed E-state index contributed by atoms with van der Waals surface area (Å²) in [4.78, 5) is 0. The molecular weight excluding hydrogens is 144 g/mol. The third-order valence-corrected chi connectivity index (χ3v) is 2.23. The number of aliphatic hydroxyl groups excluding tert-OH is 2. The fourth-order valence-corrected chi connectivity index (χ4v) is 1.53. The normalized spacial score (nSPS) is 27.3. The summed E-state index contributed by atoms with van der Waals surface area (Å²) in [6.07, 6.45) is 2.96. The maximum absolute atomic E-state index is 8.93. The van der Waals surface area contributed by atoms with Gasteiger partial charge >= 0.3 is 0 Å². The Balaban J connectivity index is 2.27. The first-order valence-corrected chi connectivity index (χ1v) is 4.21. The molecule has 11 heavy (non-hydrogen) atoms. The van der Waals surface area contributed by atoms with Crippen LogP contribution in [0.3, 0.4) is 0 Å². The van der Waals surface area contributed by atoms with E-state index in [1.54, 1.807) is 0 Å². The van der Waals surface area contributed by atoms with E-state index in [4.69, 9.17) is 14.9 Å². The van der Waals surface area contributed by atoms with E-state index in [1.807, 2.05) is 0 Å². The van der Waals surface area contributed by atoms with E-state index in [2.05, 4.69) is 0 Å². The van der Waals surface area contributed by atoms with Crippen molar-refractivity contribution in [2.24, 2.45) is 5.92 Å². The van der Waals surface area contributed by atoms with Crippen molar-refractivity contribution in [1.29, 1.82) is 0 Å². The van der Waals surface area contributed by atoms with Crippen LogP contribution in [0.5, 0.6) is 0 Å². The van der Waals surface area contributed by atoms with Crippen molar-refractivity contribution in [3.8, 4) is 0 Å². The smallest absolute Gasteiger partial charge is 0.0626 e. The van der Waals surface area contributed by atoms with Crippen LogP contribution in [-0.4, -0.2) is 36.1 Å². The molecule has 0 aromatic heterocycles. The lowest BCUT2D eigenvalue weighted by molar-refractivity contribution is 0.0257. The van der Waals surface area contributed by atoms with Gasteiger partial charge in [0, 0.05) is 25.7 Å². The molecule has 0 radical (unpaired) electrons. The van der Waals surface area contributed by atoms with E-state index >= 15 is 0 Å². The topological polar surface area (TPSA) is 49.7 Å². The highest BCUT2D eigenvalue weighted by molar-refractivity contribution is 4.73. The molecule has 1 heterocycles. The van der Waals surface area contributed by atoms with E-state index in [1.165, 1.54) is 0 Å². The molecule has 1 aliphatic heterocycles. The van der Waals surface area contributed by atoms with Gasteiger partial charge in [-0.15, -0.1) is 0 Å². The fourth-order valence-electron chi connectivity index (χ4n) is 1.53. The SMILES string of the molecule is OCCC(CO)C1CCCO1. The first kappa shape index (κ1) is 8.97. The average molecular weight is 160 g/mol. The summed E-state index contributed by atoms with van der Waals surface area (Å²) >= 11 is 0. The summed E-state index contributed by atoms with van der Waals surface area (Å²) in [5.74, 6) is 0.141. The highest BCUT2D eigenvalue weighted by atomic mass is 16.5. The molecule has 0 saturated carbocycles. The van der Waals surface area contributed by atoms with Gasteiger partial charge in [-0.05, 0) is 19.3 Å². The molecule has 0 aliphatic carbocycles. The first-order valence-electron chi connectivity index (χ1n) is 4.21. The Kier molecular flexibility index (Phi) is 3.83. The standard InChI is InChI=1S/C8H16O3/c9-4-3-7(6-10)8-2-1-5-11-8/h7-10H,1-6H2. The van der Waals surface area contributed by atoms with Gasteiger partial charge in [0.15, 0.2) is 0 Å². The lowest BCUT2D eigenvalue weighted by atomic mass is 9.98. The minimum Gasteiger partial charge on any atom is -0.396 e. The van der Waals surface area contributed by atoms with Crippen LogP contribution in [0.2, 0.25) is 0 Å². The number of hydrogen-bond donors (Lipinski definition) is 2. The molecule has 3 nitrogen and oxygen atoms in total. The molecule has 1 saturated heterocycles. The minimum absolute atomic E-state index is 0.130. The van der Waals surface area contributed by atoms with Gasteiger partial charge in [0.1, 0.15) is 0 Å². The van der Waals surface area contributed by atoms with Gasteiger partial charge in [-0.1, -0.05) is 0 Å². The molecule has 66 valence electrons. The molecule has 2 unspecified atom stereocenters. The molecular formula is C8H16O3. The fraction of sp³-hybridized carbons (Fsp3) is 1.00. The zero-order chi connectivity index (χ0) is 8.10. The monoisotopic (exact) mass is 160 g/mol. The van der Waals surface area contributed by atoms with E-state index in [0.29, 0.717) is 6.42 Å². The Bertz CT molecular complexity index is 99.5. The second-order valence-electron chi connectivity index (χ2n) is 3.01. The van der Waals surface area contributed by atoms with Gasteiger partial charge in [-0.3, -0.25) is 0 Å². The van der Waals surface area contributed by atoms with E-state index in [9.17, 15) is 0 Å². The molecule has 2 atom stereocenters. The molecule has 1 rings (SSSR count). The predicted molar refractivity (Wildman–Crippen MR) is 41.3 cm³/mol. The first-order chi connectivity index (χ1) is 5.38. The zero-order valence-electron chi connectivity index (χ0n) is 6.70. The van der Waals surface area contributed by atoms with Crippen molar-refractivity contribution in [2.75, 3.05) is 19.8 Å². The maximum Gasteiger partial charge on any atom is 0.0626 e. The molecule has 0 aromatic rings. The van der Waals surface area contributed by atoms with Crippen LogP contribution >= 0.6 is 0 Å². The third kappa shape index (κ3) is 2.43. The maximum atomic E-state index is 8.93. The Labute approximate surface area is 67.0 Å². The van der Waals surface area contributed by atoms with Crippen LogP contribution in [0, 0.1) is 5.92 Å². The Morgan fingerprint density at radius 1 is 1.45 bits per heavy atom. The highest BCUT2D eigenvalue weighted by Crippen LogP contribution is 2.22. The largest absolute Gasteiger partial charge is 0.396 e. The Morgan fingerprint density at radius 3 is 2.73 bits per heavy atom. The van der Waals surface area contributed by atoms with Crippen LogP contribution in [0.25, 0.3) is 0 Å². The quantitative estimate of drug-likeness (QED) is 0.615. The summed E-state index contributed by atoms with van der Waals surface area (Å²) in [6.45, 7) is 1.09. The van der Waals surface area contributed by atoms with Gasteiger partial charge < -0.3 is 14.9 Å². The minimum atomic E-state index is 0.130. The molecule has 0 bridgehead atoms. The van der Waals surface area contributed by atoms with Crippen LogP contribution < -0.4 is 0 Å². The number of aliphatic hydroxyl groups is 2. The van der Waals surface area contributed by atoms with E-state index in [0.717, 1.165) is 19.4 Å². The van der Waals surface area contributed by atoms with E-state index < -0.39 is 0 Å². The summed E-state index contributed by atoms with van der Waals surface area (Å²) in [7, 11) is 0. The molecule has 0 spiro atoms. The third-order valence-electron chi connectivity index (χ3n) is 2.23. The molecule has 0 amide bonds. The van der Waals surface area contributed by atoms with Gasteiger partial charge in [0.2, 0.25) is 0 Å². The average Bonchev–Trinajstić information content (AvgIpc) is 2.52. The van der Waals surface area contributed by atoms with Crippen LogP contribution in [0.4, 0.5) is 0 Å². The van der Waals surface area contributed by atoms with Gasteiger partial charge in [0.05, 0.1) is 6.10 Å². The molecule has 2 N–H and O–H groups in total. The number of rotatable bonds is 4. The van der Waals surface area contributed by atoms with Crippen molar-refractivity contribution >= 4 is 0 Å². The summed E-state index contributed by atoms with van der Waals surface area (Å²) in [6, 6.07) is 0. The summed E-state index contributed by atoms with van der Waals surface area (Å²) in [5.41, 5.74) is 0. The lowest BCUT2D eigenvalue weighted by Crippen LogP contribution is -2.24. The number of hydrogen-bond acceptors (Lipinski definition) is 3. The highest BCUT2D eigenvalue weighted by Gasteiger charge is 2.24. The second-order valence-corrected chi connectivity index (χ2v) is 3.01. The van der Waals surface area contributed by atoms with E-state index in [-0.39, 0.29) is 25.2 Å². The number of ether oxygens (including phenoxy) is 1. The van der Waals surface area contributed by atoms with Crippen LogP contribution in [-0.2, 0) is 4.74 Å². The predicted octanol–water partition coefficient (Wildman–Crippen LogP) is 0.156. The van der Waals surface area contributed by atoms with Gasteiger partial charge in [-0.2, -0.15) is 0 Å². The van der Waals surface area contributed by atoms with Crippen LogP contribution in [0.15, 0.2) is 0 Å². The molecule has 1 fully saturated rings. The zero-order valence-corrected chi connectivity index (χ0v) is 6.70. The van der Waals surface area contributed by atoms with Crippen molar-refractivity contribution in [1.82, 2.24) is 0 Å². The molecule has 1 aliphatic rings.